The number of rotatable bonds is 3. The number of ether oxygens (including phenoxy) is 2. The van der Waals surface area contributed by atoms with Crippen molar-refractivity contribution in [2.45, 2.75) is 17.5 Å². The van der Waals surface area contributed by atoms with Crippen LogP contribution in [0.15, 0.2) is 53.7 Å². The molecule has 0 amide bonds. The first-order chi connectivity index (χ1) is 16.9. The molecule has 1 aromatic heterocycles. The summed E-state index contributed by atoms with van der Waals surface area (Å²) in [6.07, 6.45) is 1.27. The number of nitrogens with zero attached hydrogens (tertiary/aromatic N) is 2. The van der Waals surface area contributed by atoms with Crippen molar-refractivity contribution in [2.75, 3.05) is 6.61 Å². The fourth-order valence-electron chi connectivity index (χ4n) is 4.14. The topological polar surface area (TPSA) is 113 Å². The van der Waals surface area contributed by atoms with E-state index in [1.165, 1.54) is 36.5 Å². The number of aromatic nitrogens is 1. The number of nitrogens with two attached hydrogens (primary N) is 1. The van der Waals surface area contributed by atoms with E-state index in [0.717, 1.165) is 6.07 Å². The number of amidine groups is 1. The van der Waals surface area contributed by atoms with Gasteiger partial charge in [0.1, 0.15) is 17.0 Å². The van der Waals surface area contributed by atoms with Crippen molar-refractivity contribution in [3.8, 4) is 28.4 Å². The van der Waals surface area contributed by atoms with Crippen molar-refractivity contribution >= 4 is 16.1 Å². The Morgan fingerprint density at radius 3 is 2.56 bits per heavy atom. The van der Waals surface area contributed by atoms with Crippen LogP contribution in [0, 0.1) is 11.8 Å². The monoisotopic (exact) mass is 527 g/mol. The molecule has 0 aliphatic carbocycles. The zero-order chi connectivity index (χ0) is 25.9. The summed E-state index contributed by atoms with van der Waals surface area (Å²) in [6.45, 7) is -0.0345. The first-order valence-electron chi connectivity index (χ1n) is 10.2. The van der Waals surface area contributed by atoms with Crippen LogP contribution in [0.4, 0.5) is 22.0 Å². The Morgan fingerprint density at radius 1 is 1.08 bits per heavy atom. The van der Waals surface area contributed by atoms with E-state index in [-0.39, 0.29) is 41.5 Å². The van der Waals surface area contributed by atoms with Crippen LogP contribution in [0.2, 0.25) is 0 Å². The Hall–Kier alpha value is -3.94. The Kier molecular flexibility index (Phi) is 5.32. The maximum Gasteiger partial charge on any atom is 0.534 e. The van der Waals surface area contributed by atoms with Crippen LogP contribution in [0.5, 0.6) is 17.2 Å². The average molecular weight is 527 g/mol. The van der Waals surface area contributed by atoms with Gasteiger partial charge in [-0.3, -0.25) is 0 Å². The number of halogens is 5. The third-order valence-electron chi connectivity index (χ3n) is 5.67. The molecule has 2 N–H and O–H groups in total. The number of aliphatic imine (C=N–C) groups is 1. The molecule has 5 rings (SSSR count). The van der Waals surface area contributed by atoms with Gasteiger partial charge in [-0.05, 0) is 35.9 Å². The highest BCUT2D eigenvalue weighted by Crippen LogP contribution is 2.54. The summed E-state index contributed by atoms with van der Waals surface area (Å²) in [7, 11) is -6.10. The zero-order valence-electron chi connectivity index (χ0n) is 17.8. The average Bonchev–Trinajstić information content (AvgIpc) is 2.79. The van der Waals surface area contributed by atoms with E-state index < -0.39 is 44.4 Å². The predicted octanol–water partition coefficient (Wildman–Crippen LogP) is 4.34. The molecule has 0 bridgehead atoms. The molecule has 8 nitrogen and oxygen atoms in total. The molecule has 36 heavy (non-hydrogen) atoms. The molecule has 188 valence electrons. The van der Waals surface area contributed by atoms with Crippen LogP contribution in [-0.4, -0.2) is 31.5 Å². The first-order valence-corrected chi connectivity index (χ1v) is 11.6. The van der Waals surface area contributed by atoms with Crippen LogP contribution in [0.3, 0.4) is 0 Å². The van der Waals surface area contributed by atoms with Gasteiger partial charge in [-0.15, -0.1) is 0 Å². The summed E-state index contributed by atoms with van der Waals surface area (Å²) >= 11 is 0. The molecule has 0 fully saturated rings. The highest BCUT2D eigenvalue weighted by atomic mass is 32.2. The van der Waals surface area contributed by atoms with Gasteiger partial charge in [0.05, 0.1) is 6.61 Å². The lowest BCUT2D eigenvalue weighted by Crippen LogP contribution is -2.39. The van der Waals surface area contributed by atoms with Gasteiger partial charge in [0.25, 0.3) is 6.02 Å². The van der Waals surface area contributed by atoms with Crippen molar-refractivity contribution in [3.63, 3.8) is 0 Å². The highest BCUT2D eigenvalue weighted by Gasteiger charge is 2.50. The van der Waals surface area contributed by atoms with Gasteiger partial charge >= 0.3 is 15.6 Å². The fourth-order valence-corrected chi connectivity index (χ4v) is 4.58. The Balaban J connectivity index is 1.73. The van der Waals surface area contributed by atoms with E-state index in [0.29, 0.717) is 11.6 Å². The molecular formula is C22H14F5N3O5S. The van der Waals surface area contributed by atoms with E-state index in [2.05, 4.69) is 14.2 Å². The fraction of sp³-hybridized carbons (Fsp3) is 0.182. The molecule has 3 aromatic rings. The van der Waals surface area contributed by atoms with Gasteiger partial charge in [0, 0.05) is 35.4 Å². The highest BCUT2D eigenvalue weighted by molar-refractivity contribution is 7.88. The van der Waals surface area contributed by atoms with Gasteiger partial charge in [-0.25, -0.2) is 14.4 Å². The molecule has 0 radical (unpaired) electrons. The van der Waals surface area contributed by atoms with Crippen LogP contribution in [0.1, 0.15) is 17.5 Å². The second-order valence-corrected chi connectivity index (χ2v) is 9.37. The molecule has 2 aliphatic heterocycles. The van der Waals surface area contributed by atoms with Crippen LogP contribution in [0.25, 0.3) is 11.1 Å². The SMILES string of the molecule is NC1=NC2(CCO1)c1cc(-c3cccnc3F)ccc1Oc1c(F)cc(OS(=O)(=O)C(F)(F)F)cc12. The molecule has 0 saturated heterocycles. The van der Waals surface area contributed by atoms with Gasteiger partial charge in [-0.1, -0.05) is 6.07 Å². The molecule has 2 aromatic carbocycles. The number of benzene rings is 2. The molecule has 1 spiro atoms. The minimum Gasteiger partial charge on any atom is -0.465 e. The Labute approximate surface area is 200 Å². The van der Waals surface area contributed by atoms with Crippen molar-refractivity contribution in [1.82, 2.24) is 4.98 Å². The third kappa shape index (κ3) is 3.77. The van der Waals surface area contributed by atoms with Crippen molar-refractivity contribution in [2.24, 2.45) is 10.7 Å². The molecule has 1 atom stereocenters. The smallest absolute Gasteiger partial charge is 0.465 e. The van der Waals surface area contributed by atoms with Gasteiger partial charge in [0.15, 0.2) is 11.6 Å². The maximum absolute atomic E-state index is 15.1. The largest absolute Gasteiger partial charge is 0.534 e. The molecule has 2 aliphatic rings. The standard InChI is InChI=1S/C22H14F5N3O5S/c23-16-10-12(35-36(31,32)22(25,26)27)9-15-18(16)34-17-4-3-11(13-2-1-6-29-19(13)24)8-14(17)21(15)5-7-33-20(28)30-21/h1-4,6,8-10H,5,7H2,(H2,28,30). The number of hydrogen-bond acceptors (Lipinski definition) is 8. The van der Waals surface area contributed by atoms with E-state index >= 15 is 4.39 Å². The lowest BCUT2D eigenvalue weighted by Gasteiger charge is -2.39. The number of hydrogen-bond donors (Lipinski definition) is 1. The second-order valence-electron chi connectivity index (χ2n) is 7.83. The first kappa shape index (κ1) is 23.8. The Morgan fingerprint density at radius 2 is 1.86 bits per heavy atom. The summed E-state index contributed by atoms with van der Waals surface area (Å²) in [4.78, 5) is 7.95. The van der Waals surface area contributed by atoms with E-state index in [1.807, 2.05) is 0 Å². The minimum absolute atomic E-state index is 0.00491. The maximum atomic E-state index is 15.1. The van der Waals surface area contributed by atoms with E-state index in [4.69, 9.17) is 15.2 Å². The summed E-state index contributed by atoms with van der Waals surface area (Å²) < 4.78 is 106. The van der Waals surface area contributed by atoms with Crippen LogP contribution < -0.4 is 14.7 Å². The molecule has 0 saturated carbocycles. The Bertz CT molecular complexity index is 1530. The number of pyridine rings is 1. The summed E-state index contributed by atoms with van der Waals surface area (Å²) in [5.41, 5.74) is -0.936. The van der Waals surface area contributed by atoms with Gasteiger partial charge < -0.3 is 19.4 Å². The van der Waals surface area contributed by atoms with Crippen molar-refractivity contribution < 1.29 is 44.0 Å². The summed E-state index contributed by atoms with van der Waals surface area (Å²) in [5.74, 6) is -3.22. The van der Waals surface area contributed by atoms with Crippen LogP contribution >= 0.6 is 0 Å². The summed E-state index contributed by atoms with van der Waals surface area (Å²) in [5, 5.41) is 0. The lowest BCUT2D eigenvalue weighted by molar-refractivity contribution is -0.0500. The molecule has 3 heterocycles. The quantitative estimate of drug-likeness (QED) is 0.233. The number of fused-ring (bicyclic) bond motifs is 4. The lowest BCUT2D eigenvalue weighted by atomic mass is 9.77. The molecule has 14 heteroatoms. The zero-order valence-corrected chi connectivity index (χ0v) is 18.7. The summed E-state index contributed by atoms with van der Waals surface area (Å²) in [6, 6.07) is 8.46. The molecular weight excluding hydrogens is 513 g/mol. The van der Waals surface area contributed by atoms with Gasteiger partial charge in [-0.2, -0.15) is 26.0 Å². The molecule has 1 unspecified atom stereocenters. The predicted molar refractivity (Wildman–Crippen MR) is 115 cm³/mol. The van der Waals surface area contributed by atoms with E-state index in [9.17, 15) is 26.0 Å². The van der Waals surface area contributed by atoms with Crippen molar-refractivity contribution in [3.05, 3.63) is 71.6 Å². The van der Waals surface area contributed by atoms with Crippen molar-refractivity contribution in [1.29, 1.82) is 0 Å². The minimum atomic E-state index is -6.10. The number of alkyl halides is 3. The van der Waals surface area contributed by atoms with Crippen LogP contribution in [-0.2, 0) is 20.4 Å². The van der Waals surface area contributed by atoms with Gasteiger partial charge in [0.2, 0.25) is 5.95 Å². The normalized spacial score (nSPS) is 19.0. The van der Waals surface area contributed by atoms with E-state index in [1.54, 1.807) is 0 Å². The third-order valence-corrected chi connectivity index (χ3v) is 6.65. The second kappa shape index (κ2) is 8.05.